The fourth-order valence-electron chi connectivity index (χ4n) is 0.803. The summed E-state index contributed by atoms with van der Waals surface area (Å²) in [7, 11) is 0. The van der Waals surface area contributed by atoms with Crippen molar-refractivity contribution < 1.29 is 18.0 Å². The van der Waals surface area contributed by atoms with Crippen LogP contribution in [0.5, 0.6) is 0 Å². The molecule has 0 fully saturated rings. The van der Waals surface area contributed by atoms with Gasteiger partial charge in [-0.3, -0.25) is 4.79 Å². The number of halogens is 4. The Morgan fingerprint density at radius 2 is 2.00 bits per heavy atom. The summed E-state index contributed by atoms with van der Waals surface area (Å²) in [5, 5.41) is 1.79. The molecule has 1 unspecified atom stereocenters. The molecule has 0 aromatic rings. The van der Waals surface area contributed by atoms with Crippen molar-refractivity contribution in [1.82, 2.24) is 5.32 Å². The Labute approximate surface area is 85.8 Å². The van der Waals surface area contributed by atoms with Crippen LogP contribution in [0.25, 0.3) is 0 Å². The Morgan fingerprint density at radius 3 is 2.43 bits per heavy atom. The van der Waals surface area contributed by atoms with Crippen molar-refractivity contribution in [3.8, 4) is 0 Å². The first kappa shape index (κ1) is 13.5. The van der Waals surface area contributed by atoms with E-state index < -0.39 is 18.0 Å². The van der Waals surface area contributed by atoms with Gasteiger partial charge in [-0.1, -0.05) is 0 Å². The van der Waals surface area contributed by atoms with Gasteiger partial charge in [-0.15, -0.1) is 11.6 Å². The molecule has 0 aliphatic carbocycles. The molecule has 1 atom stereocenters. The van der Waals surface area contributed by atoms with Crippen LogP contribution in [0.1, 0.15) is 26.2 Å². The molecule has 0 aliphatic rings. The molecule has 6 heteroatoms. The van der Waals surface area contributed by atoms with Gasteiger partial charge in [0.1, 0.15) is 5.38 Å². The molecule has 0 bridgehead atoms. The van der Waals surface area contributed by atoms with Crippen LogP contribution in [0.3, 0.4) is 0 Å². The minimum absolute atomic E-state index is 0.0282. The van der Waals surface area contributed by atoms with E-state index in [2.05, 4.69) is 5.32 Å². The number of nitrogens with one attached hydrogen (secondary N) is 1. The highest BCUT2D eigenvalue weighted by Crippen LogP contribution is 2.21. The summed E-state index contributed by atoms with van der Waals surface area (Å²) in [4.78, 5) is 10.8. The molecule has 14 heavy (non-hydrogen) atoms. The zero-order chi connectivity index (χ0) is 11.2. The molecule has 1 amide bonds. The maximum atomic E-state index is 11.7. The van der Waals surface area contributed by atoms with Gasteiger partial charge in [-0.05, 0) is 19.8 Å². The summed E-state index contributed by atoms with van der Waals surface area (Å²) in [5.74, 6) is -0.348. The second-order valence-electron chi connectivity index (χ2n) is 2.98. The largest absolute Gasteiger partial charge is 0.389 e. The SMILES string of the molecule is CC(Cl)C(=O)NCCCCC(F)(F)F. The van der Waals surface area contributed by atoms with Gasteiger partial charge >= 0.3 is 6.18 Å². The van der Waals surface area contributed by atoms with Gasteiger partial charge in [-0.2, -0.15) is 13.2 Å². The molecular weight excluding hydrogens is 219 g/mol. The number of carbonyl (C=O) groups is 1. The summed E-state index contributed by atoms with van der Waals surface area (Å²) in [5.41, 5.74) is 0. The van der Waals surface area contributed by atoms with Gasteiger partial charge in [-0.25, -0.2) is 0 Å². The van der Waals surface area contributed by atoms with Gasteiger partial charge in [0, 0.05) is 13.0 Å². The highest BCUT2D eigenvalue weighted by atomic mass is 35.5. The molecule has 0 aromatic heterocycles. The van der Waals surface area contributed by atoms with Crippen molar-refractivity contribution in [3.05, 3.63) is 0 Å². The van der Waals surface area contributed by atoms with Gasteiger partial charge in [0.2, 0.25) is 5.91 Å². The zero-order valence-electron chi connectivity index (χ0n) is 7.83. The van der Waals surface area contributed by atoms with Crippen molar-refractivity contribution in [2.24, 2.45) is 0 Å². The Kier molecular flexibility index (Phi) is 5.92. The standard InChI is InChI=1S/C8H13ClF3NO/c1-6(9)7(14)13-5-3-2-4-8(10,11)12/h6H,2-5H2,1H3,(H,13,14). The van der Waals surface area contributed by atoms with E-state index in [0.29, 0.717) is 6.42 Å². The molecule has 1 N–H and O–H groups in total. The van der Waals surface area contributed by atoms with Crippen LogP contribution in [0.4, 0.5) is 13.2 Å². The Hall–Kier alpha value is -0.450. The van der Waals surface area contributed by atoms with E-state index in [4.69, 9.17) is 11.6 Å². The van der Waals surface area contributed by atoms with E-state index in [1.807, 2.05) is 0 Å². The monoisotopic (exact) mass is 231 g/mol. The first-order chi connectivity index (χ1) is 6.33. The second-order valence-corrected chi connectivity index (χ2v) is 3.63. The highest BCUT2D eigenvalue weighted by molar-refractivity contribution is 6.30. The van der Waals surface area contributed by atoms with E-state index in [1.54, 1.807) is 0 Å². The molecule has 0 heterocycles. The summed E-state index contributed by atoms with van der Waals surface area (Å²) in [6.45, 7) is 1.75. The zero-order valence-corrected chi connectivity index (χ0v) is 8.58. The minimum atomic E-state index is -4.11. The fraction of sp³-hybridized carbons (Fsp3) is 0.875. The van der Waals surface area contributed by atoms with Crippen LogP contribution >= 0.6 is 11.6 Å². The normalized spacial score (nSPS) is 13.8. The lowest BCUT2D eigenvalue weighted by Crippen LogP contribution is -2.30. The van der Waals surface area contributed by atoms with Crippen molar-refractivity contribution in [2.75, 3.05) is 6.54 Å². The van der Waals surface area contributed by atoms with E-state index >= 15 is 0 Å². The van der Waals surface area contributed by atoms with E-state index in [-0.39, 0.29) is 18.9 Å². The molecular formula is C8H13ClF3NO. The molecule has 0 spiro atoms. The number of alkyl halides is 4. The van der Waals surface area contributed by atoms with Gasteiger partial charge in [0.15, 0.2) is 0 Å². The minimum Gasteiger partial charge on any atom is -0.355 e. The van der Waals surface area contributed by atoms with Crippen molar-refractivity contribution in [2.45, 2.75) is 37.7 Å². The lowest BCUT2D eigenvalue weighted by Gasteiger charge is -2.07. The summed E-state index contributed by atoms with van der Waals surface area (Å²) in [6, 6.07) is 0. The second kappa shape index (κ2) is 6.11. The van der Waals surface area contributed by atoms with E-state index in [9.17, 15) is 18.0 Å². The molecule has 2 nitrogen and oxygen atoms in total. The summed E-state index contributed by atoms with van der Waals surface area (Å²) in [6.07, 6.45) is -4.57. The molecule has 0 rings (SSSR count). The first-order valence-electron chi connectivity index (χ1n) is 4.31. The summed E-state index contributed by atoms with van der Waals surface area (Å²) >= 11 is 5.42. The van der Waals surface area contributed by atoms with Crippen molar-refractivity contribution >= 4 is 17.5 Å². The van der Waals surface area contributed by atoms with Crippen molar-refractivity contribution in [3.63, 3.8) is 0 Å². The molecule has 0 aromatic carbocycles. The quantitative estimate of drug-likeness (QED) is 0.572. The number of amides is 1. The van der Waals surface area contributed by atoms with Crippen LogP contribution in [0, 0.1) is 0 Å². The Balaban J connectivity index is 3.35. The average molecular weight is 232 g/mol. The van der Waals surface area contributed by atoms with Crippen LogP contribution in [0.2, 0.25) is 0 Å². The Morgan fingerprint density at radius 1 is 1.43 bits per heavy atom. The van der Waals surface area contributed by atoms with Crippen LogP contribution in [-0.2, 0) is 4.79 Å². The number of unbranched alkanes of at least 4 members (excludes halogenated alkanes) is 1. The predicted molar refractivity (Wildman–Crippen MR) is 48.2 cm³/mol. The lowest BCUT2D eigenvalue weighted by atomic mass is 10.2. The molecule has 84 valence electrons. The van der Waals surface area contributed by atoms with Crippen LogP contribution in [-0.4, -0.2) is 24.0 Å². The third-order valence-electron chi connectivity index (χ3n) is 1.55. The smallest absolute Gasteiger partial charge is 0.355 e. The first-order valence-corrected chi connectivity index (χ1v) is 4.75. The topological polar surface area (TPSA) is 29.1 Å². The van der Waals surface area contributed by atoms with Gasteiger partial charge in [0.05, 0.1) is 0 Å². The molecule has 0 saturated carbocycles. The van der Waals surface area contributed by atoms with Crippen LogP contribution in [0.15, 0.2) is 0 Å². The number of hydrogen-bond donors (Lipinski definition) is 1. The summed E-state index contributed by atoms with van der Waals surface area (Å²) < 4.78 is 35.0. The Bertz CT molecular complexity index is 182. The molecule has 0 saturated heterocycles. The maximum absolute atomic E-state index is 11.7. The lowest BCUT2D eigenvalue weighted by molar-refractivity contribution is -0.135. The predicted octanol–water partition coefficient (Wildman–Crippen LogP) is 2.46. The highest BCUT2D eigenvalue weighted by Gasteiger charge is 2.25. The van der Waals surface area contributed by atoms with Gasteiger partial charge in [0.25, 0.3) is 0 Å². The molecule has 0 aliphatic heterocycles. The molecule has 0 radical (unpaired) electrons. The third-order valence-corrected chi connectivity index (χ3v) is 1.75. The number of hydrogen-bond acceptors (Lipinski definition) is 1. The van der Waals surface area contributed by atoms with Crippen molar-refractivity contribution in [1.29, 1.82) is 0 Å². The van der Waals surface area contributed by atoms with Gasteiger partial charge < -0.3 is 5.32 Å². The third kappa shape index (κ3) is 8.16. The number of rotatable bonds is 5. The number of carbonyl (C=O) groups excluding carboxylic acids is 1. The fourth-order valence-corrected chi connectivity index (χ4v) is 0.880. The van der Waals surface area contributed by atoms with E-state index in [1.165, 1.54) is 6.92 Å². The van der Waals surface area contributed by atoms with Crippen LogP contribution < -0.4 is 5.32 Å². The average Bonchev–Trinajstić information content (AvgIpc) is 2.01. The maximum Gasteiger partial charge on any atom is 0.389 e. The van der Waals surface area contributed by atoms with E-state index in [0.717, 1.165) is 0 Å².